The number of ketones is 1. The fraction of sp³-hybridized carbons (Fsp3) is 0.200. The van der Waals surface area contributed by atoms with Crippen LogP contribution in [0.25, 0.3) is 22.2 Å². The van der Waals surface area contributed by atoms with E-state index in [1.165, 1.54) is 0 Å². The summed E-state index contributed by atoms with van der Waals surface area (Å²) in [6.07, 6.45) is 0.794. The van der Waals surface area contributed by atoms with Gasteiger partial charge in [0.1, 0.15) is 0 Å². The molecular formula is C20H19NO2. The maximum Gasteiger partial charge on any atom is 0.228 e. The normalized spacial score (nSPS) is 10.9. The number of carbonyl (C=O) groups is 2. The van der Waals surface area contributed by atoms with E-state index in [1.54, 1.807) is 24.5 Å². The fourth-order valence-electron chi connectivity index (χ4n) is 3.16. The van der Waals surface area contributed by atoms with Crippen LogP contribution in [0.4, 0.5) is 0 Å². The molecule has 3 nitrogen and oxygen atoms in total. The zero-order valence-electron chi connectivity index (χ0n) is 13.6. The molecule has 1 heterocycles. The summed E-state index contributed by atoms with van der Waals surface area (Å²) in [7, 11) is 0. The average molecular weight is 305 g/mol. The lowest BCUT2D eigenvalue weighted by Crippen LogP contribution is -2.07. The van der Waals surface area contributed by atoms with E-state index in [1.807, 2.05) is 42.5 Å². The van der Waals surface area contributed by atoms with Crippen LogP contribution in [0.1, 0.15) is 41.5 Å². The van der Waals surface area contributed by atoms with Gasteiger partial charge in [-0.05, 0) is 42.7 Å². The van der Waals surface area contributed by atoms with E-state index in [9.17, 15) is 9.59 Å². The van der Waals surface area contributed by atoms with Crippen molar-refractivity contribution in [2.75, 3.05) is 0 Å². The van der Waals surface area contributed by atoms with E-state index in [0.29, 0.717) is 5.56 Å². The number of aromatic nitrogens is 1. The number of nitrogens with zero attached hydrogens (tertiary/aromatic N) is 1. The van der Waals surface area contributed by atoms with Gasteiger partial charge in [-0.3, -0.25) is 14.2 Å². The highest BCUT2D eigenvalue weighted by Gasteiger charge is 2.20. The Morgan fingerprint density at radius 3 is 2.26 bits per heavy atom. The van der Waals surface area contributed by atoms with Gasteiger partial charge in [0.15, 0.2) is 5.78 Å². The standard InChI is InChI=1S/C20H19NO2/c1-4-17-18-12-16(13(2)22)10-11-19(18)21(14(3)23)20(17)15-8-6-5-7-9-15/h5-12H,4H2,1-3H3. The second-order valence-corrected chi connectivity index (χ2v) is 5.69. The summed E-state index contributed by atoms with van der Waals surface area (Å²) in [5.74, 6) is 0.00918. The molecule has 0 saturated heterocycles. The number of hydrogen-bond donors (Lipinski definition) is 0. The van der Waals surface area contributed by atoms with Crippen LogP contribution < -0.4 is 0 Å². The number of benzene rings is 2. The van der Waals surface area contributed by atoms with Crippen molar-refractivity contribution >= 4 is 22.6 Å². The molecule has 0 radical (unpaired) electrons. The molecule has 0 aliphatic carbocycles. The summed E-state index contributed by atoms with van der Waals surface area (Å²) < 4.78 is 1.76. The minimum atomic E-state index is -0.0240. The number of rotatable bonds is 3. The molecule has 0 unspecified atom stereocenters. The minimum Gasteiger partial charge on any atom is -0.295 e. The molecule has 3 aromatic rings. The number of carbonyl (C=O) groups excluding carboxylic acids is 2. The van der Waals surface area contributed by atoms with Crippen LogP contribution in [-0.4, -0.2) is 16.3 Å². The van der Waals surface area contributed by atoms with Gasteiger partial charge in [0, 0.05) is 17.9 Å². The van der Waals surface area contributed by atoms with Crippen molar-refractivity contribution in [2.45, 2.75) is 27.2 Å². The second kappa shape index (κ2) is 5.84. The predicted octanol–water partition coefficient (Wildman–Crippen LogP) is 4.73. The molecule has 0 spiro atoms. The van der Waals surface area contributed by atoms with Gasteiger partial charge in [0.25, 0.3) is 0 Å². The van der Waals surface area contributed by atoms with Crippen molar-refractivity contribution in [3.63, 3.8) is 0 Å². The zero-order chi connectivity index (χ0) is 16.6. The smallest absolute Gasteiger partial charge is 0.228 e. The first-order valence-electron chi connectivity index (χ1n) is 7.79. The summed E-state index contributed by atoms with van der Waals surface area (Å²) in [5, 5.41) is 0.981. The van der Waals surface area contributed by atoms with Crippen LogP contribution in [0.3, 0.4) is 0 Å². The Morgan fingerprint density at radius 1 is 1.00 bits per heavy atom. The van der Waals surface area contributed by atoms with Gasteiger partial charge in [-0.2, -0.15) is 0 Å². The third-order valence-electron chi connectivity index (χ3n) is 4.19. The molecular weight excluding hydrogens is 286 g/mol. The molecule has 3 heteroatoms. The monoisotopic (exact) mass is 305 g/mol. The van der Waals surface area contributed by atoms with E-state index in [0.717, 1.165) is 34.1 Å². The maximum atomic E-state index is 12.3. The van der Waals surface area contributed by atoms with Crippen molar-refractivity contribution < 1.29 is 9.59 Å². The van der Waals surface area contributed by atoms with Crippen molar-refractivity contribution in [2.24, 2.45) is 0 Å². The van der Waals surface area contributed by atoms with Gasteiger partial charge in [-0.1, -0.05) is 37.3 Å². The van der Waals surface area contributed by atoms with Crippen LogP contribution in [0.15, 0.2) is 48.5 Å². The summed E-state index contributed by atoms with van der Waals surface area (Å²) in [6, 6.07) is 15.5. The number of aryl methyl sites for hydroxylation is 1. The predicted molar refractivity (Wildman–Crippen MR) is 93.1 cm³/mol. The van der Waals surface area contributed by atoms with Crippen molar-refractivity contribution in [3.8, 4) is 11.3 Å². The summed E-state index contributed by atoms with van der Waals surface area (Å²) in [5.41, 5.74) is 4.58. The van der Waals surface area contributed by atoms with Crippen LogP contribution in [-0.2, 0) is 6.42 Å². The molecule has 0 aliphatic rings. The Labute approximate surface area is 135 Å². The molecule has 0 aliphatic heterocycles. The highest BCUT2D eigenvalue weighted by Crippen LogP contribution is 2.34. The van der Waals surface area contributed by atoms with E-state index in [4.69, 9.17) is 0 Å². The highest BCUT2D eigenvalue weighted by molar-refractivity contribution is 6.04. The first-order valence-corrected chi connectivity index (χ1v) is 7.79. The SMILES string of the molecule is CCc1c(-c2ccccc2)n(C(C)=O)c2ccc(C(C)=O)cc12. The molecule has 116 valence electrons. The van der Waals surface area contributed by atoms with Gasteiger partial charge < -0.3 is 0 Å². The van der Waals surface area contributed by atoms with Gasteiger partial charge in [0.05, 0.1) is 11.2 Å². The van der Waals surface area contributed by atoms with E-state index in [-0.39, 0.29) is 11.7 Å². The molecule has 2 aromatic carbocycles. The van der Waals surface area contributed by atoms with Crippen LogP contribution in [0.5, 0.6) is 0 Å². The van der Waals surface area contributed by atoms with Crippen LogP contribution >= 0.6 is 0 Å². The first-order chi connectivity index (χ1) is 11.0. The minimum absolute atomic E-state index is 0.0240. The molecule has 0 N–H and O–H groups in total. The summed E-state index contributed by atoms with van der Waals surface area (Å²) >= 11 is 0. The maximum absolute atomic E-state index is 12.3. The van der Waals surface area contributed by atoms with Crippen LogP contribution in [0.2, 0.25) is 0 Å². The summed E-state index contributed by atoms with van der Waals surface area (Å²) in [4.78, 5) is 24.0. The topological polar surface area (TPSA) is 39.1 Å². The van der Waals surface area contributed by atoms with E-state index >= 15 is 0 Å². The third kappa shape index (κ3) is 2.48. The number of hydrogen-bond acceptors (Lipinski definition) is 2. The van der Waals surface area contributed by atoms with Gasteiger partial charge >= 0.3 is 0 Å². The molecule has 0 bridgehead atoms. The van der Waals surface area contributed by atoms with Crippen molar-refractivity contribution in [1.29, 1.82) is 0 Å². The van der Waals surface area contributed by atoms with Crippen molar-refractivity contribution in [3.05, 3.63) is 59.7 Å². The highest BCUT2D eigenvalue weighted by atomic mass is 16.1. The number of fused-ring (bicyclic) bond motifs is 1. The fourth-order valence-corrected chi connectivity index (χ4v) is 3.16. The Balaban J connectivity index is 2.44. The second-order valence-electron chi connectivity index (χ2n) is 5.69. The Morgan fingerprint density at radius 2 is 1.70 bits per heavy atom. The molecule has 23 heavy (non-hydrogen) atoms. The zero-order valence-corrected chi connectivity index (χ0v) is 13.6. The average Bonchev–Trinajstić information content (AvgIpc) is 2.89. The Bertz CT molecular complexity index is 904. The largest absolute Gasteiger partial charge is 0.295 e. The van der Waals surface area contributed by atoms with Crippen molar-refractivity contribution in [1.82, 2.24) is 4.57 Å². The lowest BCUT2D eigenvalue weighted by atomic mass is 10.0. The lowest BCUT2D eigenvalue weighted by Gasteiger charge is -2.08. The lowest BCUT2D eigenvalue weighted by molar-refractivity contribution is 0.0942. The van der Waals surface area contributed by atoms with Gasteiger partial charge in [0.2, 0.25) is 5.91 Å². The molecule has 0 fully saturated rings. The Kier molecular flexibility index (Phi) is 3.87. The number of Topliss-reactive ketones (excluding diaryl/α,β-unsaturated/α-hetero) is 1. The van der Waals surface area contributed by atoms with E-state index < -0.39 is 0 Å². The Hall–Kier alpha value is -2.68. The molecule has 0 saturated carbocycles. The van der Waals surface area contributed by atoms with Gasteiger partial charge in [-0.15, -0.1) is 0 Å². The van der Waals surface area contributed by atoms with Crippen LogP contribution in [0, 0.1) is 0 Å². The summed E-state index contributed by atoms with van der Waals surface area (Å²) in [6.45, 7) is 5.21. The van der Waals surface area contributed by atoms with E-state index in [2.05, 4.69) is 6.92 Å². The molecule has 0 amide bonds. The van der Waals surface area contributed by atoms with Gasteiger partial charge in [-0.25, -0.2) is 0 Å². The first kappa shape index (κ1) is 15.2. The quantitative estimate of drug-likeness (QED) is 0.656. The molecule has 3 rings (SSSR count). The third-order valence-corrected chi connectivity index (χ3v) is 4.19. The molecule has 0 atom stereocenters. The molecule has 1 aromatic heterocycles.